The SMILES string of the molecule is CCn1c(COc2ccc(OC)cc2)nnc1SCc1cccc(F)c1. The summed E-state index contributed by atoms with van der Waals surface area (Å²) >= 11 is 1.53. The van der Waals surface area contributed by atoms with E-state index in [1.165, 1.54) is 23.9 Å². The molecule has 2 aromatic carbocycles. The summed E-state index contributed by atoms with van der Waals surface area (Å²) in [5.41, 5.74) is 0.914. The van der Waals surface area contributed by atoms with Gasteiger partial charge in [-0.15, -0.1) is 10.2 Å². The fourth-order valence-electron chi connectivity index (χ4n) is 2.44. The molecule has 1 aromatic heterocycles. The third kappa shape index (κ3) is 4.54. The van der Waals surface area contributed by atoms with Crippen LogP contribution in [0.15, 0.2) is 53.7 Å². The summed E-state index contributed by atoms with van der Waals surface area (Å²) in [4.78, 5) is 0. The summed E-state index contributed by atoms with van der Waals surface area (Å²) in [7, 11) is 1.63. The summed E-state index contributed by atoms with van der Waals surface area (Å²) in [6.07, 6.45) is 0. The summed E-state index contributed by atoms with van der Waals surface area (Å²) in [5, 5.41) is 9.28. The molecule has 136 valence electrons. The Morgan fingerprint density at radius 1 is 1.08 bits per heavy atom. The fourth-order valence-corrected chi connectivity index (χ4v) is 3.41. The summed E-state index contributed by atoms with van der Waals surface area (Å²) in [6.45, 7) is 3.10. The molecule has 0 radical (unpaired) electrons. The van der Waals surface area contributed by atoms with Crippen LogP contribution in [0.4, 0.5) is 4.39 Å². The van der Waals surface area contributed by atoms with Gasteiger partial charge < -0.3 is 14.0 Å². The summed E-state index contributed by atoms with van der Waals surface area (Å²) < 4.78 is 26.2. The molecular formula is C19H20FN3O2S. The largest absolute Gasteiger partial charge is 0.497 e. The van der Waals surface area contributed by atoms with E-state index in [0.717, 1.165) is 34.6 Å². The number of hydrogen-bond donors (Lipinski definition) is 0. The Labute approximate surface area is 156 Å². The van der Waals surface area contributed by atoms with Gasteiger partial charge in [0.25, 0.3) is 0 Å². The molecule has 0 fully saturated rings. The lowest BCUT2D eigenvalue weighted by Crippen LogP contribution is -2.07. The molecule has 7 heteroatoms. The number of methoxy groups -OCH3 is 1. The monoisotopic (exact) mass is 373 g/mol. The Hall–Kier alpha value is -2.54. The first kappa shape index (κ1) is 18.3. The number of aromatic nitrogens is 3. The van der Waals surface area contributed by atoms with Gasteiger partial charge in [0.2, 0.25) is 0 Å². The Balaban J connectivity index is 1.63. The normalized spacial score (nSPS) is 10.7. The van der Waals surface area contributed by atoms with Crippen LogP contribution < -0.4 is 9.47 Å². The molecule has 0 aliphatic heterocycles. The van der Waals surface area contributed by atoms with Crippen molar-refractivity contribution in [1.82, 2.24) is 14.8 Å². The van der Waals surface area contributed by atoms with Crippen molar-refractivity contribution in [3.63, 3.8) is 0 Å². The second-order valence-corrected chi connectivity index (χ2v) is 6.47. The van der Waals surface area contributed by atoms with E-state index in [4.69, 9.17) is 9.47 Å². The highest BCUT2D eigenvalue weighted by molar-refractivity contribution is 7.98. The molecule has 0 saturated carbocycles. The van der Waals surface area contributed by atoms with Crippen molar-refractivity contribution in [3.05, 3.63) is 65.7 Å². The second-order valence-electron chi connectivity index (χ2n) is 5.53. The Morgan fingerprint density at radius 2 is 1.85 bits per heavy atom. The van der Waals surface area contributed by atoms with Gasteiger partial charge in [0.1, 0.15) is 23.9 Å². The minimum absolute atomic E-state index is 0.228. The van der Waals surface area contributed by atoms with Gasteiger partial charge in [0.05, 0.1) is 7.11 Å². The molecular weight excluding hydrogens is 353 g/mol. The molecule has 0 N–H and O–H groups in total. The zero-order valence-corrected chi connectivity index (χ0v) is 15.5. The van der Waals surface area contributed by atoms with Gasteiger partial charge in [0.15, 0.2) is 11.0 Å². The van der Waals surface area contributed by atoms with Crippen LogP contribution in [0.1, 0.15) is 18.3 Å². The zero-order chi connectivity index (χ0) is 18.4. The standard InChI is InChI=1S/C19H20FN3O2S/c1-3-23-18(12-25-17-9-7-16(24-2)8-10-17)21-22-19(23)26-13-14-5-4-6-15(20)11-14/h4-11H,3,12-13H2,1-2H3. The molecule has 0 unspecified atom stereocenters. The molecule has 1 heterocycles. The van der Waals surface area contributed by atoms with Gasteiger partial charge in [-0.25, -0.2) is 4.39 Å². The molecule has 0 bridgehead atoms. The predicted octanol–water partition coefficient (Wildman–Crippen LogP) is 4.32. The first-order valence-electron chi connectivity index (χ1n) is 8.25. The number of halogens is 1. The number of nitrogens with zero attached hydrogens (tertiary/aromatic N) is 3. The third-order valence-electron chi connectivity index (χ3n) is 3.79. The molecule has 0 spiro atoms. The third-order valence-corrected chi connectivity index (χ3v) is 4.83. The van der Waals surface area contributed by atoms with Crippen molar-refractivity contribution >= 4 is 11.8 Å². The smallest absolute Gasteiger partial charge is 0.191 e. The summed E-state index contributed by atoms with van der Waals surface area (Å²) in [6, 6.07) is 14.0. The fraction of sp³-hybridized carbons (Fsp3) is 0.263. The van der Waals surface area contributed by atoms with Crippen molar-refractivity contribution in [1.29, 1.82) is 0 Å². The maximum absolute atomic E-state index is 13.3. The van der Waals surface area contributed by atoms with Crippen molar-refractivity contribution in [2.24, 2.45) is 0 Å². The molecule has 0 aliphatic rings. The number of hydrogen-bond acceptors (Lipinski definition) is 5. The van der Waals surface area contributed by atoms with Crippen LogP contribution in [0, 0.1) is 5.82 Å². The average molecular weight is 373 g/mol. The van der Waals surface area contributed by atoms with Crippen molar-refractivity contribution in [3.8, 4) is 11.5 Å². The van der Waals surface area contributed by atoms with E-state index in [0.29, 0.717) is 12.4 Å². The molecule has 3 rings (SSSR count). The minimum Gasteiger partial charge on any atom is -0.497 e. The van der Waals surface area contributed by atoms with Gasteiger partial charge in [-0.3, -0.25) is 0 Å². The van der Waals surface area contributed by atoms with Gasteiger partial charge in [0, 0.05) is 12.3 Å². The van der Waals surface area contributed by atoms with E-state index in [-0.39, 0.29) is 5.82 Å². The lowest BCUT2D eigenvalue weighted by atomic mass is 10.2. The highest BCUT2D eigenvalue weighted by Crippen LogP contribution is 2.23. The number of benzene rings is 2. The number of ether oxygens (including phenoxy) is 2. The van der Waals surface area contributed by atoms with Gasteiger partial charge >= 0.3 is 0 Å². The topological polar surface area (TPSA) is 49.2 Å². The van der Waals surface area contributed by atoms with Crippen LogP contribution in [-0.2, 0) is 18.9 Å². The quantitative estimate of drug-likeness (QED) is 0.551. The predicted molar refractivity (Wildman–Crippen MR) is 99.0 cm³/mol. The Kier molecular flexibility index (Phi) is 6.12. The molecule has 5 nitrogen and oxygen atoms in total. The first-order valence-corrected chi connectivity index (χ1v) is 9.24. The van der Waals surface area contributed by atoms with E-state index in [1.54, 1.807) is 13.2 Å². The van der Waals surface area contributed by atoms with E-state index >= 15 is 0 Å². The molecule has 26 heavy (non-hydrogen) atoms. The maximum Gasteiger partial charge on any atom is 0.191 e. The van der Waals surface area contributed by atoms with E-state index < -0.39 is 0 Å². The van der Waals surface area contributed by atoms with Crippen molar-refractivity contribution in [2.75, 3.05) is 7.11 Å². The van der Waals surface area contributed by atoms with Crippen LogP contribution in [0.5, 0.6) is 11.5 Å². The first-order chi connectivity index (χ1) is 12.7. The van der Waals surface area contributed by atoms with Crippen LogP contribution in [0.3, 0.4) is 0 Å². The lowest BCUT2D eigenvalue weighted by Gasteiger charge is -2.09. The maximum atomic E-state index is 13.3. The van der Waals surface area contributed by atoms with E-state index in [9.17, 15) is 4.39 Å². The second kappa shape index (κ2) is 8.71. The number of thioether (sulfide) groups is 1. The van der Waals surface area contributed by atoms with Crippen LogP contribution in [-0.4, -0.2) is 21.9 Å². The Morgan fingerprint density at radius 3 is 2.54 bits per heavy atom. The van der Waals surface area contributed by atoms with Crippen LogP contribution in [0.2, 0.25) is 0 Å². The number of rotatable bonds is 8. The lowest BCUT2D eigenvalue weighted by molar-refractivity contribution is 0.287. The van der Waals surface area contributed by atoms with Gasteiger partial charge in [-0.05, 0) is 48.9 Å². The molecule has 3 aromatic rings. The Bertz CT molecular complexity index is 852. The van der Waals surface area contributed by atoms with Gasteiger partial charge in [-0.1, -0.05) is 23.9 Å². The molecule has 0 atom stereocenters. The van der Waals surface area contributed by atoms with Crippen molar-refractivity contribution in [2.45, 2.75) is 31.0 Å². The van der Waals surface area contributed by atoms with Crippen LogP contribution >= 0.6 is 11.8 Å². The molecule has 0 amide bonds. The van der Waals surface area contributed by atoms with E-state index in [1.807, 2.05) is 41.8 Å². The molecule has 0 saturated heterocycles. The zero-order valence-electron chi connectivity index (χ0n) is 14.7. The minimum atomic E-state index is -0.228. The highest BCUT2D eigenvalue weighted by atomic mass is 32.2. The molecule has 0 aliphatic carbocycles. The van der Waals surface area contributed by atoms with Crippen molar-refractivity contribution < 1.29 is 13.9 Å². The van der Waals surface area contributed by atoms with Gasteiger partial charge in [-0.2, -0.15) is 0 Å². The highest BCUT2D eigenvalue weighted by Gasteiger charge is 2.12. The average Bonchev–Trinajstić information content (AvgIpc) is 3.07. The van der Waals surface area contributed by atoms with Crippen LogP contribution in [0.25, 0.3) is 0 Å². The summed E-state index contributed by atoms with van der Waals surface area (Å²) in [5.74, 6) is 2.68. The van der Waals surface area contributed by atoms with E-state index in [2.05, 4.69) is 10.2 Å².